The Morgan fingerprint density at radius 1 is 1.17 bits per heavy atom. The highest BCUT2D eigenvalue weighted by atomic mass is 32.1. The number of carbonyl (C=O) groups excluding carboxylic acids is 1. The molecule has 2 aromatic carbocycles. The smallest absolute Gasteiger partial charge is 0.257 e. The molecule has 1 aliphatic rings. The van der Waals surface area contributed by atoms with Crippen LogP contribution in [0.4, 0.5) is 5.13 Å². The Labute approximate surface area is 177 Å². The molecule has 0 fully saturated rings. The van der Waals surface area contributed by atoms with Crippen molar-refractivity contribution >= 4 is 22.4 Å². The van der Waals surface area contributed by atoms with Crippen molar-refractivity contribution in [2.24, 2.45) is 0 Å². The maximum absolute atomic E-state index is 12.7. The zero-order valence-electron chi connectivity index (χ0n) is 16.2. The number of thiazole rings is 1. The number of benzene rings is 2. The maximum atomic E-state index is 12.7. The molecule has 4 aromatic rings. The van der Waals surface area contributed by atoms with Crippen molar-refractivity contribution in [3.63, 3.8) is 0 Å². The molecule has 0 spiro atoms. The maximum Gasteiger partial charge on any atom is 0.257 e. The van der Waals surface area contributed by atoms with Crippen molar-refractivity contribution in [2.75, 3.05) is 11.9 Å². The number of fused-ring (bicyclic) bond motifs is 1. The standard InChI is InChI=1S/C21H19N7OS/c29-20(16-7-4-8-17(11-16)28-14-22-25-26-28)24-21-23-18-9-10-27(13-19(18)30-21)12-15-5-2-1-3-6-15/h1-8,11,14H,9-10,12-13H2,(H,23,24,29)/p+1. The number of aromatic nitrogens is 5. The average molecular weight is 419 g/mol. The minimum Gasteiger partial charge on any atom is -0.326 e. The van der Waals surface area contributed by atoms with Gasteiger partial charge in [-0.25, -0.2) is 9.67 Å². The van der Waals surface area contributed by atoms with Crippen LogP contribution in [-0.2, 0) is 19.5 Å². The molecule has 0 saturated heterocycles. The molecule has 0 saturated carbocycles. The molecule has 3 heterocycles. The quantitative estimate of drug-likeness (QED) is 0.513. The van der Waals surface area contributed by atoms with E-state index in [9.17, 15) is 4.79 Å². The average Bonchev–Trinajstić information content (AvgIpc) is 3.44. The lowest BCUT2D eigenvalue weighted by molar-refractivity contribution is -0.929. The summed E-state index contributed by atoms with van der Waals surface area (Å²) in [5.41, 5.74) is 3.71. The first-order valence-electron chi connectivity index (χ1n) is 9.75. The first kappa shape index (κ1) is 18.6. The van der Waals surface area contributed by atoms with Crippen LogP contribution in [0.25, 0.3) is 5.69 Å². The van der Waals surface area contributed by atoms with Gasteiger partial charge in [-0.15, -0.1) is 5.10 Å². The third-order valence-corrected chi connectivity index (χ3v) is 6.16. The third kappa shape index (κ3) is 3.98. The minimum atomic E-state index is -0.190. The molecule has 0 radical (unpaired) electrons. The molecular weight excluding hydrogens is 398 g/mol. The number of nitrogens with zero attached hydrogens (tertiary/aromatic N) is 5. The summed E-state index contributed by atoms with van der Waals surface area (Å²) in [6, 6.07) is 17.7. The van der Waals surface area contributed by atoms with E-state index >= 15 is 0 Å². The number of amides is 1. The van der Waals surface area contributed by atoms with Crippen molar-refractivity contribution < 1.29 is 9.69 Å². The highest BCUT2D eigenvalue weighted by Gasteiger charge is 2.24. The SMILES string of the molecule is O=C(Nc1nc2c(s1)C[NH+](Cc1ccccc1)CC2)c1cccc(-n2cnnn2)c1. The summed E-state index contributed by atoms with van der Waals surface area (Å²) in [5, 5.41) is 14.7. The van der Waals surface area contributed by atoms with Crippen LogP contribution in [0.2, 0.25) is 0 Å². The van der Waals surface area contributed by atoms with Gasteiger partial charge >= 0.3 is 0 Å². The summed E-state index contributed by atoms with van der Waals surface area (Å²) < 4.78 is 1.52. The third-order valence-electron chi connectivity index (χ3n) is 5.14. The number of quaternary nitrogens is 1. The Morgan fingerprint density at radius 3 is 2.90 bits per heavy atom. The van der Waals surface area contributed by atoms with Crippen molar-refractivity contribution in [2.45, 2.75) is 19.5 Å². The monoisotopic (exact) mass is 418 g/mol. The molecule has 2 N–H and O–H groups in total. The van der Waals surface area contributed by atoms with Gasteiger partial charge in [-0.3, -0.25) is 10.1 Å². The number of carbonyl (C=O) groups is 1. The van der Waals surface area contributed by atoms with E-state index in [-0.39, 0.29) is 5.91 Å². The van der Waals surface area contributed by atoms with E-state index in [1.807, 2.05) is 18.2 Å². The Kier molecular flexibility index (Phi) is 5.04. The number of rotatable bonds is 5. The lowest BCUT2D eigenvalue weighted by Crippen LogP contribution is -3.10. The second-order valence-electron chi connectivity index (χ2n) is 7.24. The molecular formula is C21H20N7OS+. The lowest BCUT2D eigenvalue weighted by Gasteiger charge is -2.22. The van der Waals surface area contributed by atoms with E-state index < -0.39 is 0 Å². The van der Waals surface area contributed by atoms with Crippen LogP contribution in [0.1, 0.15) is 26.5 Å². The topological polar surface area (TPSA) is 90.0 Å². The van der Waals surface area contributed by atoms with Crippen molar-refractivity contribution in [3.8, 4) is 5.69 Å². The number of nitrogens with one attached hydrogen (secondary N) is 2. The van der Waals surface area contributed by atoms with Gasteiger partial charge in [0.15, 0.2) is 5.13 Å². The largest absolute Gasteiger partial charge is 0.326 e. The summed E-state index contributed by atoms with van der Waals surface area (Å²) in [7, 11) is 0. The Morgan fingerprint density at radius 2 is 2.07 bits per heavy atom. The van der Waals surface area contributed by atoms with Crippen LogP contribution >= 0.6 is 11.3 Å². The molecule has 0 bridgehead atoms. The molecule has 30 heavy (non-hydrogen) atoms. The number of anilines is 1. The van der Waals surface area contributed by atoms with Gasteiger partial charge in [0.2, 0.25) is 0 Å². The zero-order valence-corrected chi connectivity index (χ0v) is 17.0. The van der Waals surface area contributed by atoms with Crippen molar-refractivity contribution in [3.05, 3.63) is 82.6 Å². The molecule has 1 unspecified atom stereocenters. The summed E-state index contributed by atoms with van der Waals surface area (Å²) in [6.45, 7) is 2.99. The molecule has 1 atom stereocenters. The van der Waals surface area contributed by atoms with Gasteiger partial charge in [0.25, 0.3) is 5.91 Å². The molecule has 1 amide bonds. The fourth-order valence-electron chi connectivity index (χ4n) is 3.65. The highest BCUT2D eigenvalue weighted by molar-refractivity contribution is 7.15. The van der Waals surface area contributed by atoms with E-state index in [1.54, 1.807) is 23.5 Å². The number of hydrogen-bond acceptors (Lipinski definition) is 6. The second kappa shape index (κ2) is 8.13. The van der Waals surface area contributed by atoms with Gasteiger partial charge in [0.05, 0.1) is 22.8 Å². The molecule has 8 nitrogen and oxygen atoms in total. The summed E-state index contributed by atoms with van der Waals surface area (Å²) in [5.74, 6) is -0.190. The zero-order chi connectivity index (χ0) is 20.3. The number of hydrogen-bond donors (Lipinski definition) is 2. The molecule has 150 valence electrons. The first-order valence-corrected chi connectivity index (χ1v) is 10.6. The second-order valence-corrected chi connectivity index (χ2v) is 8.32. The molecule has 2 aromatic heterocycles. The van der Waals surface area contributed by atoms with Crippen LogP contribution in [0.3, 0.4) is 0 Å². The predicted molar refractivity (Wildman–Crippen MR) is 113 cm³/mol. The van der Waals surface area contributed by atoms with Crippen LogP contribution in [0.15, 0.2) is 60.9 Å². The fraction of sp³-hybridized carbons (Fsp3) is 0.190. The molecule has 0 aliphatic carbocycles. The van der Waals surface area contributed by atoms with Crippen LogP contribution < -0.4 is 10.2 Å². The summed E-state index contributed by atoms with van der Waals surface area (Å²) in [6.07, 6.45) is 2.42. The van der Waals surface area contributed by atoms with Crippen LogP contribution in [0, 0.1) is 0 Å². The summed E-state index contributed by atoms with van der Waals surface area (Å²) >= 11 is 1.57. The van der Waals surface area contributed by atoms with E-state index in [1.165, 1.54) is 26.3 Å². The van der Waals surface area contributed by atoms with Gasteiger partial charge < -0.3 is 4.90 Å². The van der Waals surface area contributed by atoms with Gasteiger partial charge in [0.1, 0.15) is 19.4 Å². The molecule has 1 aliphatic heterocycles. The van der Waals surface area contributed by atoms with Gasteiger partial charge in [-0.1, -0.05) is 47.7 Å². The first-order chi connectivity index (χ1) is 14.7. The fourth-order valence-corrected chi connectivity index (χ4v) is 4.73. The Hall–Kier alpha value is -3.43. The Balaban J connectivity index is 1.27. The van der Waals surface area contributed by atoms with Crippen molar-refractivity contribution in [1.82, 2.24) is 25.2 Å². The van der Waals surface area contributed by atoms with Gasteiger partial charge in [-0.05, 0) is 28.6 Å². The van der Waals surface area contributed by atoms with Gasteiger partial charge in [0, 0.05) is 17.5 Å². The van der Waals surface area contributed by atoms with Gasteiger partial charge in [-0.2, -0.15) is 0 Å². The van der Waals surface area contributed by atoms with E-state index in [0.29, 0.717) is 10.7 Å². The lowest BCUT2D eigenvalue weighted by atomic mass is 10.1. The van der Waals surface area contributed by atoms with E-state index in [4.69, 9.17) is 0 Å². The van der Waals surface area contributed by atoms with Crippen molar-refractivity contribution in [1.29, 1.82) is 0 Å². The minimum absolute atomic E-state index is 0.190. The van der Waals surface area contributed by atoms with Crippen LogP contribution in [0.5, 0.6) is 0 Å². The highest BCUT2D eigenvalue weighted by Crippen LogP contribution is 2.25. The van der Waals surface area contributed by atoms with E-state index in [0.717, 1.165) is 37.4 Å². The Bertz CT molecular complexity index is 1160. The molecule has 9 heteroatoms. The molecule has 5 rings (SSSR count). The number of tetrazole rings is 1. The predicted octanol–water partition coefficient (Wildman–Crippen LogP) is 1.51. The normalized spacial score (nSPS) is 15.5. The summed E-state index contributed by atoms with van der Waals surface area (Å²) in [4.78, 5) is 20.2. The van der Waals surface area contributed by atoms with Crippen LogP contribution in [-0.4, -0.2) is 37.6 Å². The van der Waals surface area contributed by atoms with E-state index in [2.05, 4.69) is 50.1 Å².